The molecule has 0 aliphatic carbocycles. The van der Waals surface area contributed by atoms with E-state index < -0.39 is 0 Å². The third kappa shape index (κ3) is 25.2. The van der Waals surface area contributed by atoms with Crippen LogP contribution in [0.5, 0.6) is 0 Å². The summed E-state index contributed by atoms with van der Waals surface area (Å²) < 4.78 is 0. The molecule has 0 saturated carbocycles. The van der Waals surface area contributed by atoms with Gasteiger partial charge in [-0.15, -0.1) is 0 Å². The highest BCUT2D eigenvalue weighted by Crippen LogP contribution is 2.11. The summed E-state index contributed by atoms with van der Waals surface area (Å²) in [6.45, 7) is 4.51. The maximum Gasteiger partial charge on any atom is 0.0543 e. The van der Waals surface area contributed by atoms with Gasteiger partial charge in [-0.1, -0.05) is 95.2 Å². The van der Waals surface area contributed by atoms with Crippen molar-refractivity contribution in [2.24, 2.45) is 0 Å². The molecule has 0 fully saturated rings. The largest absolute Gasteiger partial charge is 0.393 e. The van der Waals surface area contributed by atoms with Crippen LogP contribution < -0.4 is 0 Å². The number of hydrogen-bond donors (Lipinski definition) is 1. The number of unbranched alkanes of at least 4 members (excludes halogenated alkanes) is 13. The molecule has 1 heteroatoms. The zero-order chi connectivity index (χ0) is 22.0. The van der Waals surface area contributed by atoms with Crippen LogP contribution in [0.1, 0.15) is 142 Å². The minimum Gasteiger partial charge on any atom is -0.393 e. The van der Waals surface area contributed by atoms with Gasteiger partial charge >= 0.3 is 0 Å². The zero-order valence-corrected chi connectivity index (χ0v) is 20.6. The topological polar surface area (TPSA) is 20.2 Å². The van der Waals surface area contributed by atoms with Gasteiger partial charge in [-0.3, -0.25) is 0 Å². The van der Waals surface area contributed by atoms with E-state index in [1.807, 2.05) is 0 Å². The molecule has 1 atom stereocenters. The van der Waals surface area contributed by atoms with Gasteiger partial charge in [0.25, 0.3) is 0 Å². The fourth-order valence-corrected chi connectivity index (χ4v) is 3.69. The van der Waals surface area contributed by atoms with Gasteiger partial charge in [0.2, 0.25) is 0 Å². The molecule has 0 aliphatic rings. The molecule has 0 aromatic carbocycles. The van der Waals surface area contributed by atoms with Crippen molar-refractivity contribution in [2.45, 2.75) is 148 Å². The molecular formula is C29H54O. The average Bonchev–Trinajstić information content (AvgIpc) is 2.75. The molecule has 30 heavy (non-hydrogen) atoms. The highest BCUT2D eigenvalue weighted by molar-refractivity contribution is 4.84. The Balaban J connectivity index is 3.30. The van der Waals surface area contributed by atoms with E-state index in [-0.39, 0.29) is 6.10 Å². The van der Waals surface area contributed by atoms with Gasteiger partial charge in [0.1, 0.15) is 0 Å². The lowest BCUT2D eigenvalue weighted by atomic mass is 10.1. The highest BCUT2D eigenvalue weighted by Gasteiger charge is 2.01. The van der Waals surface area contributed by atoms with Gasteiger partial charge in [0, 0.05) is 0 Å². The summed E-state index contributed by atoms with van der Waals surface area (Å²) >= 11 is 0. The fourth-order valence-electron chi connectivity index (χ4n) is 3.69. The second-order valence-corrected chi connectivity index (χ2v) is 8.91. The SMILES string of the molecule is CCCCCC=CCCCCCCCC=CCCC(O)CCCC=CCCCCC. The Labute approximate surface area is 190 Å². The van der Waals surface area contributed by atoms with Gasteiger partial charge in [-0.25, -0.2) is 0 Å². The first-order valence-electron chi connectivity index (χ1n) is 13.4. The lowest BCUT2D eigenvalue weighted by Crippen LogP contribution is -2.04. The third-order valence-electron chi connectivity index (χ3n) is 5.76. The molecule has 0 spiro atoms. The number of aliphatic hydroxyl groups excluding tert-OH is 1. The van der Waals surface area contributed by atoms with Crippen molar-refractivity contribution in [1.29, 1.82) is 0 Å². The van der Waals surface area contributed by atoms with Crippen LogP contribution in [-0.4, -0.2) is 11.2 Å². The second-order valence-electron chi connectivity index (χ2n) is 8.91. The number of hydrogen-bond acceptors (Lipinski definition) is 1. The summed E-state index contributed by atoms with van der Waals surface area (Å²) in [5.41, 5.74) is 0. The molecule has 0 amide bonds. The van der Waals surface area contributed by atoms with Crippen molar-refractivity contribution in [3.05, 3.63) is 36.5 Å². The summed E-state index contributed by atoms with van der Waals surface area (Å²) in [6, 6.07) is 0. The first-order valence-corrected chi connectivity index (χ1v) is 13.4. The summed E-state index contributed by atoms with van der Waals surface area (Å²) in [7, 11) is 0. The van der Waals surface area contributed by atoms with Crippen LogP contribution in [0.3, 0.4) is 0 Å². The lowest BCUT2D eigenvalue weighted by Gasteiger charge is -2.07. The van der Waals surface area contributed by atoms with Crippen LogP contribution in [-0.2, 0) is 0 Å². The molecule has 1 N–H and O–H groups in total. The monoisotopic (exact) mass is 418 g/mol. The molecule has 1 unspecified atom stereocenters. The first kappa shape index (κ1) is 29.2. The molecule has 0 radical (unpaired) electrons. The second kappa shape index (κ2) is 26.2. The summed E-state index contributed by atoms with van der Waals surface area (Å²) in [5, 5.41) is 10.1. The Kier molecular flexibility index (Phi) is 25.5. The van der Waals surface area contributed by atoms with Crippen LogP contribution in [0, 0.1) is 0 Å². The Morgan fingerprint density at radius 3 is 1.27 bits per heavy atom. The molecule has 0 aromatic rings. The molecular weight excluding hydrogens is 364 g/mol. The van der Waals surface area contributed by atoms with E-state index in [0.717, 1.165) is 32.1 Å². The van der Waals surface area contributed by atoms with Crippen molar-refractivity contribution >= 4 is 0 Å². The van der Waals surface area contributed by atoms with E-state index in [4.69, 9.17) is 0 Å². The Morgan fingerprint density at radius 1 is 0.433 bits per heavy atom. The number of allylic oxidation sites excluding steroid dienone is 6. The van der Waals surface area contributed by atoms with E-state index in [1.165, 1.54) is 96.3 Å². The molecule has 0 heterocycles. The van der Waals surface area contributed by atoms with Crippen molar-refractivity contribution in [3.63, 3.8) is 0 Å². The molecule has 0 rings (SSSR count). The van der Waals surface area contributed by atoms with Gasteiger partial charge in [0.15, 0.2) is 0 Å². The smallest absolute Gasteiger partial charge is 0.0543 e. The number of rotatable bonds is 23. The molecule has 0 saturated heterocycles. The van der Waals surface area contributed by atoms with Crippen LogP contribution in [0.4, 0.5) is 0 Å². The van der Waals surface area contributed by atoms with E-state index in [0.29, 0.717) is 0 Å². The number of aliphatic hydroxyl groups is 1. The maximum absolute atomic E-state index is 10.1. The average molecular weight is 419 g/mol. The lowest BCUT2D eigenvalue weighted by molar-refractivity contribution is 0.153. The van der Waals surface area contributed by atoms with E-state index in [1.54, 1.807) is 0 Å². The van der Waals surface area contributed by atoms with Crippen LogP contribution >= 0.6 is 0 Å². The zero-order valence-electron chi connectivity index (χ0n) is 20.6. The predicted octanol–water partition coefficient (Wildman–Crippen LogP) is 9.86. The van der Waals surface area contributed by atoms with E-state index in [2.05, 4.69) is 50.3 Å². The Morgan fingerprint density at radius 2 is 0.800 bits per heavy atom. The van der Waals surface area contributed by atoms with Crippen molar-refractivity contribution < 1.29 is 5.11 Å². The minimum atomic E-state index is -0.121. The normalized spacial score (nSPS) is 13.3. The molecule has 1 nitrogen and oxygen atoms in total. The maximum atomic E-state index is 10.1. The summed E-state index contributed by atoms with van der Waals surface area (Å²) in [6.07, 6.45) is 38.7. The van der Waals surface area contributed by atoms with Gasteiger partial charge in [0.05, 0.1) is 6.10 Å². The van der Waals surface area contributed by atoms with Gasteiger partial charge in [-0.2, -0.15) is 0 Å². The molecule has 176 valence electrons. The van der Waals surface area contributed by atoms with Gasteiger partial charge < -0.3 is 5.11 Å². The highest BCUT2D eigenvalue weighted by atomic mass is 16.3. The molecule has 0 bridgehead atoms. The predicted molar refractivity (Wildman–Crippen MR) is 137 cm³/mol. The van der Waals surface area contributed by atoms with Crippen LogP contribution in [0.25, 0.3) is 0 Å². The van der Waals surface area contributed by atoms with Crippen LogP contribution in [0.15, 0.2) is 36.5 Å². The van der Waals surface area contributed by atoms with Crippen molar-refractivity contribution in [3.8, 4) is 0 Å². The molecule has 0 aliphatic heterocycles. The van der Waals surface area contributed by atoms with E-state index in [9.17, 15) is 5.11 Å². The fraction of sp³-hybridized carbons (Fsp3) is 0.793. The Bertz CT molecular complexity index is 393. The Hall–Kier alpha value is -0.820. The molecule has 0 aromatic heterocycles. The van der Waals surface area contributed by atoms with E-state index >= 15 is 0 Å². The quantitative estimate of drug-likeness (QED) is 0.129. The van der Waals surface area contributed by atoms with Crippen molar-refractivity contribution in [2.75, 3.05) is 0 Å². The third-order valence-corrected chi connectivity index (χ3v) is 5.76. The summed E-state index contributed by atoms with van der Waals surface area (Å²) in [4.78, 5) is 0. The summed E-state index contributed by atoms with van der Waals surface area (Å²) in [5.74, 6) is 0. The first-order chi connectivity index (χ1) is 14.8. The van der Waals surface area contributed by atoms with Crippen molar-refractivity contribution in [1.82, 2.24) is 0 Å². The standard InChI is InChI=1S/C29H54O/c1-3-5-7-9-11-13-14-15-16-17-18-19-20-22-24-26-28-29(30)27-25-23-21-12-10-8-6-4-2/h11-13,21-22,24,29-30H,3-10,14-20,23,25-28H2,1-2H3. The van der Waals surface area contributed by atoms with Gasteiger partial charge in [-0.05, 0) is 83.5 Å². The minimum absolute atomic E-state index is 0.121. The van der Waals surface area contributed by atoms with Crippen LogP contribution in [0.2, 0.25) is 0 Å².